The van der Waals surface area contributed by atoms with Crippen LogP contribution in [-0.4, -0.2) is 24.7 Å². The lowest BCUT2D eigenvalue weighted by atomic mass is 10.1. The van der Waals surface area contributed by atoms with Crippen LogP contribution in [-0.2, 0) is 9.53 Å². The molecule has 0 aromatic carbocycles. The standard InChI is InChI=1S/C12H25NO2/c1-6-11(14)13-9-12(4,5)15-8-7-10(2)3/h10H,6-9H2,1-5H3,(H,13,14). The van der Waals surface area contributed by atoms with Gasteiger partial charge in [0.1, 0.15) is 0 Å². The molecule has 0 unspecified atom stereocenters. The number of rotatable bonds is 7. The van der Waals surface area contributed by atoms with Crippen LogP contribution < -0.4 is 5.32 Å². The third-order valence-electron chi connectivity index (χ3n) is 2.22. The van der Waals surface area contributed by atoms with Crippen molar-refractivity contribution in [3.63, 3.8) is 0 Å². The number of carbonyl (C=O) groups excluding carboxylic acids is 1. The number of ether oxygens (including phenoxy) is 1. The molecule has 0 aromatic rings. The minimum atomic E-state index is -0.264. The molecule has 0 saturated carbocycles. The predicted octanol–water partition coefficient (Wildman–Crippen LogP) is 2.35. The second-order valence-corrected chi connectivity index (χ2v) is 4.92. The number of hydrogen-bond donors (Lipinski definition) is 1. The third kappa shape index (κ3) is 8.43. The molecule has 0 heterocycles. The lowest BCUT2D eigenvalue weighted by molar-refractivity contribution is -0.122. The summed E-state index contributed by atoms with van der Waals surface area (Å²) < 4.78 is 5.72. The van der Waals surface area contributed by atoms with Crippen LogP contribution in [0.5, 0.6) is 0 Å². The van der Waals surface area contributed by atoms with E-state index in [0.29, 0.717) is 18.9 Å². The molecule has 0 atom stereocenters. The van der Waals surface area contributed by atoms with Gasteiger partial charge in [0.25, 0.3) is 0 Å². The van der Waals surface area contributed by atoms with E-state index in [9.17, 15) is 4.79 Å². The Morgan fingerprint density at radius 1 is 1.40 bits per heavy atom. The molecule has 15 heavy (non-hydrogen) atoms. The quantitative estimate of drug-likeness (QED) is 0.708. The van der Waals surface area contributed by atoms with Gasteiger partial charge >= 0.3 is 0 Å². The molecular formula is C12H25NO2. The maximum Gasteiger partial charge on any atom is 0.219 e. The summed E-state index contributed by atoms with van der Waals surface area (Å²) in [5.41, 5.74) is -0.264. The van der Waals surface area contributed by atoms with Crippen LogP contribution in [0, 0.1) is 5.92 Å². The van der Waals surface area contributed by atoms with Crippen molar-refractivity contribution in [1.29, 1.82) is 0 Å². The van der Waals surface area contributed by atoms with Crippen molar-refractivity contribution in [2.45, 2.75) is 53.1 Å². The van der Waals surface area contributed by atoms with Crippen LogP contribution in [0.1, 0.15) is 47.5 Å². The zero-order valence-electron chi connectivity index (χ0n) is 10.7. The van der Waals surface area contributed by atoms with Gasteiger partial charge < -0.3 is 10.1 Å². The maximum atomic E-state index is 11.1. The molecule has 0 spiro atoms. The average Bonchev–Trinajstić information content (AvgIpc) is 2.13. The van der Waals surface area contributed by atoms with Crippen molar-refractivity contribution in [1.82, 2.24) is 5.32 Å². The molecule has 0 aliphatic carbocycles. The Kier molecular flexibility index (Phi) is 6.57. The van der Waals surface area contributed by atoms with Gasteiger partial charge in [-0.05, 0) is 26.2 Å². The summed E-state index contributed by atoms with van der Waals surface area (Å²) in [5.74, 6) is 0.738. The van der Waals surface area contributed by atoms with Crippen LogP contribution >= 0.6 is 0 Å². The minimum Gasteiger partial charge on any atom is -0.374 e. The molecule has 0 rings (SSSR count). The normalized spacial score (nSPS) is 11.9. The molecule has 3 heteroatoms. The largest absolute Gasteiger partial charge is 0.374 e. The van der Waals surface area contributed by atoms with Gasteiger partial charge in [-0.2, -0.15) is 0 Å². The summed E-state index contributed by atoms with van der Waals surface area (Å²) >= 11 is 0. The van der Waals surface area contributed by atoms with Gasteiger partial charge in [-0.25, -0.2) is 0 Å². The maximum absolute atomic E-state index is 11.1. The van der Waals surface area contributed by atoms with E-state index in [1.165, 1.54) is 0 Å². The van der Waals surface area contributed by atoms with Crippen molar-refractivity contribution >= 4 is 5.91 Å². The summed E-state index contributed by atoms with van der Waals surface area (Å²) in [6.07, 6.45) is 1.59. The summed E-state index contributed by atoms with van der Waals surface area (Å²) in [6, 6.07) is 0. The molecule has 0 aliphatic rings. The van der Waals surface area contributed by atoms with E-state index in [1.807, 2.05) is 20.8 Å². The first-order valence-corrected chi connectivity index (χ1v) is 5.78. The highest BCUT2D eigenvalue weighted by Gasteiger charge is 2.18. The van der Waals surface area contributed by atoms with Crippen molar-refractivity contribution < 1.29 is 9.53 Å². The molecule has 0 aromatic heterocycles. The van der Waals surface area contributed by atoms with Gasteiger partial charge in [0.15, 0.2) is 0 Å². The first-order valence-electron chi connectivity index (χ1n) is 5.78. The second kappa shape index (κ2) is 6.83. The first-order chi connectivity index (χ1) is 6.87. The Balaban J connectivity index is 3.71. The second-order valence-electron chi connectivity index (χ2n) is 4.92. The molecule has 0 bridgehead atoms. The smallest absolute Gasteiger partial charge is 0.219 e. The molecule has 1 N–H and O–H groups in total. The Morgan fingerprint density at radius 3 is 2.47 bits per heavy atom. The van der Waals surface area contributed by atoms with E-state index in [1.54, 1.807) is 0 Å². The van der Waals surface area contributed by atoms with E-state index >= 15 is 0 Å². The highest BCUT2D eigenvalue weighted by molar-refractivity contribution is 5.75. The predicted molar refractivity (Wildman–Crippen MR) is 62.8 cm³/mol. The van der Waals surface area contributed by atoms with E-state index in [0.717, 1.165) is 13.0 Å². The summed E-state index contributed by atoms with van der Waals surface area (Å²) in [6.45, 7) is 11.5. The summed E-state index contributed by atoms with van der Waals surface area (Å²) in [5, 5.41) is 2.85. The van der Waals surface area contributed by atoms with Gasteiger partial charge in [-0.3, -0.25) is 4.79 Å². The van der Waals surface area contributed by atoms with Crippen LogP contribution in [0.15, 0.2) is 0 Å². The Bertz CT molecular complexity index is 188. The Labute approximate surface area is 93.6 Å². The fraction of sp³-hybridized carbons (Fsp3) is 0.917. The average molecular weight is 215 g/mol. The van der Waals surface area contributed by atoms with Crippen molar-refractivity contribution in [2.75, 3.05) is 13.2 Å². The number of carbonyl (C=O) groups is 1. The summed E-state index contributed by atoms with van der Waals surface area (Å²) in [7, 11) is 0. The highest BCUT2D eigenvalue weighted by Crippen LogP contribution is 2.10. The van der Waals surface area contributed by atoms with Crippen molar-refractivity contribution in [3.8, 4) is 0 Å². The zero-order valence-corrected chi connectivity index (χ0v) is 10.7. The number of amides is 1. The van der Waals surface area contributed by atoms with Crippen molar-refractivity contribution in [2.24, 2.45) is 5.92 Å². The van der Waals surface area contributed by atoms with Crippen LogP contribution in [0.4, 0.5) is 0 Å². The monoisotopic (exact) mass is 215 g/mol. The minimum absolute atomic E-state index is 0.0792. The molecule has 0 radical (unpaired) electrons. The van der Waals surface area contributed by atoms with E-state index in [4.69, 9.17) is 4.74 Å². The van der Waals surface area contributed by atoms with Crippen LogP contribution in [0.25, 0.3) is 0 Å². The molecule has 0 aliphatic heterocycles. The SMILES string of the molecule is CCC(=O)NCC(C)(C)OCCC(C)C. The highest BCUT2D eigenvalue weighted by atomic mass is 16.5. The third-order valence-corrected chi connectivity index (χ3v) is 2.22. The van der Waals surface area contributed by atoms with E-state index < -0.39 is 0 Å². The Morgan fingerprint density at radius 2 is 2.00 bits per heavy atom. The lowest BCUT2D eigenvalue weighted by Gasteiger charge is -2.26. The molecule has 0 saturated heterocycles. The van der Waals surface area contributed by atoms with E-state index in [-0.39, 0.29) is 11.5 Å². The van der Waals surface area contributed by atoms with E-state index in [2.05, 4.69) is 19.2 Å². The molecular weight excluding hydrogens is 190 g/mol. The van der Waals surface area contributed by atoms with Gasteiger partial charge in [-0.15, -0.1) is 0 Å². The first kappa shape index (κ1) is 14.4. The Hall–Kier alpha value is -0.570. The van der Waals surface area contributed by atoms with Crippen LogP contribution in [0.2, 0.25) is 0 Å². The zero-order chi connectivity index (χ0) is 11.9. The van der Waals surface area contributed by atoms with Gasteiger partial charge in [0.05, 0.1) is 5.60 Å². The van der Waals surface area contributed by atoms with Gasteiger partial charge in [-0.1, -0.05) is 20.8 Å². The van der Waals surface area contributed by atoms with Crippen LogP contribution in [0.3, 0.4) is 0 Å². The summed E-state index contributed by atoms with van der Waals surface area (Å²) in [4.78, 5) is 11.1. The lowest BCUT2D eigenvalue weighted by Crippen LogP contribution is -2.40. The molecule has 3 nitrogen and oxygen atoms in total. The fourth-order valence-corrected chi connectivity index (χ4v) is 1.06. The van der Waals surface area contributed by atoms with Crippen molar-refractivity contribution in [3.05, 3.63) is 0 Å². The molecule has 90 valence electrons. The van der Waals surface area contributed by atoms with Gasteiger partial charge in [0.2, 0.25) is 5.91 Å². The topological polar surface area (TPSA) is 38.3 Å². The van der Waals surface area contributed by atoms with Gasteiger partial charge in [0, 0.05) is 19.6 Å². The number of nitrogens with one attached hydrogen (secondary N) is 1. The number of hydrogen-bond acceptors (Lipinski definition) is 2. The fourth-order valence-electron chi connectivity index (χ4n) is 1.06. The molecule has 1 amide bonds. The molecule has 0 fully saturated rings.